The molecule has 1 aliphatic heterocycles. The van der Waals surface area contributed by atoms with E-state index in [9.17, 15) is 14.9 Å². The zero-order valence-corrected chi connectivity index (χ0v) is 15.5. The zero-order chi connectivity index (χ0) is 19.8. The molecular weight excluding hydrogens is 356 g/mol. The average molecular weight is 374 g/mol. The van der Waals surface area contributed by atoms with Crippen molar-refractivity contribution in [2.24, 2.45) is 0 Å². The van der Waals surface area contributed by atoms with Crippen molar-refractivity contribution in [1.29, 1.82) is 5.26 Å². The fourth-order valence-corrected chi connectivity index (χ4v) is 3.39. The summed E-state index contributed by atoms with van der Waals surface area (Å²) in [5, 5.41) is 20.1. The lowest BCUT2D eigenvalue weighted by Crippen LogP contribution is -2.37. The van der Waals surface area contributed by atoms with Gasteiger partial charge in [0.2, 0.25) is 11.8 Å². The van der Waals surface area contributed by atoms with E-state index in [4.69, 9.17) is 4.98 Å². The van der Waals surface area contributed by atoms with Gasteiger partial charge in [-0.1, -0.05) is 18.2 Å². The minimum Gasteiger partial charge on any atom is -0.344 e. The lowest BCUT2D eigenvalue weighted by Gasteiger charge is -2.14. The topological polar surface area (TPSA) is 113 Å². The summed E-state index contributed by atoms with van der Waals surface area (Å²) in [5.74, 6) is 0.217. The number of amides is 2. The number of fused-ring (bicyclic) bond motifs is 1. The van der Waals surface area contributed by atoms with Crippen LogP contribution in [0.2, 0.25) is 0 Å². The summed E-state index contributed by atoms with van der Waals surface area (Å²) in [4.78, 5) is 28.6. The summed E-state index contributed by atoms with van der Waals surface area (Å²) in [6.07, 6.45) is 2.13. The molecular formula is C20H18N6O2. The highest BCUT2D eigenvalue weighted by atomic mass is 16.2. The van der Waals surface area contributed by atoms with Crippen LogP contribution in [-0.4, -0.2) is 32.6 Å². The summed E-state index contributed by atoms with van der Waals surface area (Å²) in [6, 6.07) is 9.25. The number of aryl methyl sites for hydroxylation is 2. The predicted molar refractivity (Wildman–Crippen MR) is 103 cm³/mol. The van der Waals surface area contributed by atoms with Gasteiger partial charge in [-0.25, -0.2) is 4.98 Å². The first-order valence-electron chi connectivity index (χ1n) is 8.93. The quantitative estimate of drug-likeness (QED) is 0.729. The molecule has 0 saturated carbocycles. The van der Waals surface area contributed by atoms with Crippen LogP contribution in [0.4, 0.5) is 5.82 Å². The third-order valence-corrected chi connectivity index (χ3v) is 4.89. The molecule has 1 atom stereocenters. The van der Waals surface area contributed by atoms with E-state index in [1.54, 1.807) is 0 Å². The molecule has 0 spiro atoms. The zero-order valence-electron chi connectivity index (χ0n) is 15.5. The molecule has 0 radical (unpaired) electrons. The molecule has 2 aromatic heterocycles. The van der Waals surface area contributed by atoms with Gasteiger partial charge >= 0.3 is 0 Å². The summed E-state index contributed by atoms with van der Waals surface area (Å²) in [7, 11) is 0. The second kappa shape index (κ2) is 6.78. The van der Waals surface area contributed by atoms with Gasteiger partial charge in [0, 0.05) is 11.8 Å². The van der Waals surface area contributed by atoms with E-state index in [1.807, 2.05) is 44.2 Å². The number of anilines is 1. The molecule has 0 aliphatic carbocycles. The predicted octanol–water partition coefficient (Wildman–Crippen LogP) is 2.13. The Morgan fingerprint density at radius 3 is 2.89 bits per heavy atom. The van der Waals surface area contributed by atoms with Gasteiger partial charge in [0.15, 0.2) is 11.6 Å². The highest BCUT2D eigenvalue weighted by molar-refractivity contribution is 5.99. The Balaban J connectivity index is 1.77. The maximum Gasteiger partial charge on any atom is 0.248 e. The number of nitrogens with zero attached hydrogens (tertiary/aromatic N) is 4. The third kappa shape index (κ3) is 2.97. The first-order valence-corrected chi connectivity index (χ1v) is 8.93. The molecule has 1 unspecified atom stereocenters. The lowest BCUT2D eigenvalue weighted by molar-refractivity contribution is -0.122. The number of nitriles is 1. The second-order valence-electron chi connectivity index (χ2n) is 6.85. The van der Waals surface area contributed by atoms with Crippen LogP contribution in [-0.2, 0) is 9.59 Å². The van der Waals surface area contributed by atoms with Gasteiger partial charge in [-0.15, -0.1) is 0 Å². The van der Waals surface area contributed by atoms with Gasteiger partial charge in [0.05, 0.1) is 11.7 Å². The fourth-order valence-electron chi connectivity index (χ4n) is 3.39. The Hall–Kier alpha value is -3.73. The number of para-hydroxylation sites is 1. The SMILES string of the molecule is Cc1cc(-n2ncc(C#N)c2NC(=O)C2CCC(=O)N2)nc2c(C)cccc12. The normalized spacial score (nSPS) is 16.0. The van der Waals surface area contributed by atoms with Crippen molar-refractivity contribution in [2.45, 2.75) is 32.7 Å². The largest absolute Gasteiger partial charge is 0.344 e. The molecule has 4 rings (SSSR count). The van der Waals surface area contributed by atoms with E-state index in [-0.39, 0.29) is 23.2 Å². The van der Waals surface area contributed by atoms with Gasteiger partial charge < -0.3 is 10.6 Å². The van der Waals surface area contributed by atoms with Gasteiger partial charge in [-0.05, 0) is 37.5 Å². The summed E-state index contributed by atoms with van der Waals surface area (Å²) in [5.41, 5.74) is 3.10. The molecule has 1 aromatic carbocycles. The lowest BCUT2D eigenvalue weighted by atomic mass is 10.1. The van der Waals surface area contributed by atoms with Crippen molar-refractivity contribution in [3.8, 4) is 11.9 Å². The van der Waals surface area contributed by atoms with E-state index in [0.717, 1.165) is 22.0 Å². The van der Waals surface area contributed by atoms with Gasteiger partial charge in [-0.2, -0.15) is 15.0 Å². The van der Waals surface area contributed by atoms with E-state index < -0.39 is 6.04 Å². The summed E-state index contributed by atoms with van der Waals surface area (Å²) < 4.78 is 1.45. The number of aromatic nitrogens is 3. The van der Waals surface area contributed by atoms with Crippen molar-refractivity contribution in [1.82, 2.24) is 20.1 Å². The van der Waals surface area contributed by atoms with Crippen LogP contribution in [0.25, 0.3) is 16.7 Å². The smallest absolute Gasteiger partial charge is 0.248 e. The van der Waals surface area contributed by atoms with Crippen molar-refractivity contribution in [3.63, 3.8) is 0 Å². The molecule has 2 N–H and O–H groups in total. The number of benzene rings is 1. The van der Waals surface area contributed by atoms with Crippen molar-refractivity contribution in [2.75, 3.05) is 5.32 Å². The van der Waals surface area contributed by atoms with Crippen LogP contribution in [0, 0.1) is 25.2 Å². The number of carbonyl (C=O) groups is 2. The van der Waals surface area contributed by atoms with Crippen molar-refractivity contribution < 1.29 is 9.59 Å². The van der Waals surface area contributed by atoms with Crippen LogP contribution in [0.3, 0.4) is 0 Å². The molecule has 3 heterocycles. The van der Waals surface area contributed by atoms with E-state index >= 15 is 0 Å². The van der Waals surface area contributed by atoms with Gasteiger partial charge in [0.1, 0.15) is 17.7 Å². The van der Waals surface area contributed by atoms with E-state index in [0.29, 0.717) is 18.7 Å². The third-order valence-electron chi connectivity index (χ3n) is 4.89. The Labute approximate surface area is 161 Å². The minimum absolute atomic E-state index is 0.156. The number of hydrogen-bond acceptors (Lipinski definition) is 5. The Morgan fingerprint density at radius 2 is 2.18 bits per heavy atom. The Kier molecular flexibility index (Phi) is 4.28. The average Bonchev–Trinajstić information content (AvgIpc) is 3.28. The monoisotopic (exact) mass is 374 g/mol. The molecule has 0 bridgehead atoms. The minimum atomic E-state index is -0.615. The number of rotatable bonds is 3. The highest BCUT2D eigenvalue weighted by Crippen LogP contribution is 2.25. The fraction of sp³-hybridized carbons (Fsp3) is 0.250. The van der Waals surface area contributed by atoms with Crippen LogP contribution >= 0.6 is 0 Å². The number of pyridine rings is 1. The van der Waals surface area contributed by atoms with E-state index in [1.165, 1.54) is 10.9 Å². The maximum atomic E-state index is 12.5. The Bertz CT molecular complexity index is 1160. The molecule has 2 amide bonds. The van der Waals surface area contributed by atoms with Crippen LogP contribution in [0.5, 0.6) is 0 Å². The van der Waals surface area contributed by atoms with Crippen molar-refractivity contribution in [3.05, 3.63) is 47.2 Å². The van der Waals surface area contributed by atoms with Gasteiger partial charge in [0.25, 0.3) is 0 Å². The second-order valence-corrected chi connectivity index (χ2v) is 6.85. The number of carbonyl (C=O) groups excluding carboxylic acids is 2. The molecule has 140 valence electrons. The Morgan fingerprint density at radius 1 is 1.36 bits per heavy atom. The number of hydrogen-bond donors (Lipinski definition) is 2. The van der Waals surface area contributed by atoms with E-state index in [2.05, 4.69) is 15.7 Å². The first kappa shape index (κ1) is 17.7. The highest BCUT2D eigenvalue weighted by Gasteiger charge is 2.29. The van der Waals surface area contributed by atoms with Crippen LogP contribution in [0.1, 0.15) is 29.5 Å². The standard InChI is InChI=1S/C20H18N6O2/c1-11-4-3-5-14-12(2)8-16(24-18(11)14)26-19(13(9-21)10-22-26)25-20(28)15-6-7-17(27)23-15/h3-5,8,10,15H,6-7H2,1-2H3,(H,23,27)(H,25,28). The molecule has 1 aliphatic rings. The first-order chi connectivity index (χ1) is 13.5. The van der Waals surface area contributed by atoms with Crippen molar-refractivity contribution >= 4 is 28.5 Å². The molecule has 3 aromatic rings. The van der Waals surface area contributed by atoms with Crippen LogP contribution in [0.15, 0.2) is 30.5 Å². The molecule has 1 fully saturated rings. The van der Waals surface area contributed by atoms with Gasteiger partial charge in [-0.3, -0.25) is 9.59 Å². The molecule has 8 nitrogen and oxygen atoms in total. The molecule has 8 heteroatoms. The van der Waals surface area contributed by atoms with Crippen LogP contribution < -0.4 is 10.6 Å². The maximum absolute atomic E-state index is 12.5. The summed E-state index contributed by atoms with van der Waals surface area (Å²) in [6.45, 7) is 3.96. The molecule has 1 saturated heterocycles. The number of nitrogens with one attached hydrogen (secondary N) is 2. The molecule has 28 heavy (non-hydrogen) atoms. The summed E-state index contributed by atoms with van der Waals surface area (Å²) >= 11 is 0.